The fraction of sp³-hybridized carbons (Fsp3) is 0.591. The van der Waals surface area contributed by atoms with Gasteiger partial charge in [0, 0.05) is 51.0 Å². The van der Waals surface area contributed by atoms with E-state index >= 15 is 0 Å². The van der Waals surface area contributed by atoms with E-state index in [0.29, 0.717) is 42.5 Å². The molecular weight excluding hydrogens is 434 g/mol. The largest absolute Gasteiger partial charge is 0.444 e. The van der Waals surface area contributed by atoms with Gasteiger partial charge in [-0.3, -0.25) is 9.69 Å². The maximum absolute atomic E-state index is 12.3. The van der Waals surface area contributed by atoms with Gasteiger partial charge in [-0.25, -0.2) is 9.59 Å². The molecule has 0 radical (unpaired) electrons. The molecule has 0 spiro atoms. The van der Waals surface area contributed by atoms with Gasteiger partial charge in [0.1, 0.15) is 5.60 Å². The van der Waals surface area contributed by atoms with Gasteiger partial charge >= 0.3 is 12.1 Å². The maximum Gasteiger partial charge on any atom is 0.410 e. The fourth-order valence-electron chi connectivity index (χ4n) is 3.25. The molecule has 1 aliphatic heterocycles. The van der Waals surface area contributed by atoms with E-state index in [1.54, 1.807) is 23.1 Å². The first-order valence-corrected chi connectivity index (χ1v) is 11.3. The van der Waals surface area contributed by atoms with E-state index in [0.717, 1.165) is 25.9 Å². The predicted molar refractivity (Wildman–Crippen MR) is 123 cm³/mol. The molecule has 32 heavy (non-hydrogen) atoms. The van der Waals surface area contributed by atoms with E-state index in [1.807, 2.05) is 20.8 Å². The van der Waals surface area contributed by atoms with Crippen LogP contribution in [0.1, 0.15) is 44.0 Å². The first kappa shape index (κ1) is 24.1. The summed E-state index contributed by atoms with van der Waals surface area (Å²) >= 11 is 6.14. The van der Waals surface area contributed by atoms with Gasteiger partial charge in [0.2, 0.25) is 0 Å². The smallest absolute Gasteiger partial charge is 0.410 e. The number of hydrogen-bond donors (Lipinski definition) is 3. The van der Waals surface area contributed by atoms with Gasteiger partial charge in [0.15, 0.2) is 0 Å². The third-order valence-corrected chi connectivity index (χ3v) is 5.45. The predicted octanol–water partition coefficient (Wildman–Crippen LogP) is 2.91. The van der Waals surface area contributed by atoms with Crippen LogP contribution in [-0.2, 0) is 4.74 Å². The Morgan fingerprint density at radius 1 is 1.12 bits per heavy atom. The fourth-order valence-corrected chi connectivity index (χ4v) is 3.45. The van der Waals surface area contributed by atoms with E-state index in [9.17, 15) is 14.4 Å². The van der Waals surface area contributed by atoms with Crippen LogP contribution in [0, 0.1) is 0 Å². The number of benzene rings is 1. The number of urea groups is 1. The summed E-state index contributed by atoms with van der Waals surface area (Å²) in [7, 11) is 0. The number of nitrogens with zero attached hydrogens (tertiary/aromatic N) is 2. The molecular formula is C22H32ClN5O4. The molecule has 9 nitrogen and oxygen atoms in total. The van der Waals surface area contributed by atoms with Crippen LogP contribution in [0.25, 0.3) is 0 Å². The van der Waals surface area contributed by atoms with Crippen LogP contribution in [-0.4, -0.2) is 78.7 Å². The van der Waals surface area contributed by atoms with E-state index < -0.39 is 5.60 Å². The number of amides is 4. The zero-order chi connectivity index (χ0) is 23.3. The van der Waals surface area contributed by atoms with Crippen molar-refractivity contribution in [3.05, 3.63) is 28.8 Å². The third kappa shape index (κ3) is 7.56. The molecule has 1 aliphatic carbocycles. The number of rotatable bonds is 6. The second kappa shape index (κ2) is 10.4. The first-order chi connectivity index (χ1) is 15.1. The molecule has 1 heterocycles. The molecule has 0 bridgehead atoms. The Labute approximate surface area is 193 Å². The zero-order valence-corrected chi connectivity index (χ0v) is 19.6. The van der Waals surface area contributed by atoms with Crippen molar-refractivity contribution in [1.82, 2.24) is 20.4 Å². The lowest BCUT2D eigenvalue weighted by atomic mass is 10.2. The molecule has 2 fully saturated rings. The number of carbonyl (C=O) groups is 3. The van der Waals surface area contributed by atoms with Crippen LogP contribution in [0.2, 0.25) is 5.02 Å². The van der Waals surface area contributed by atoms with Crippen LogP contribution in [0.4, 0.5) is 15.3 Å². The number of ether oxygens (including phenoxy) is 1. The van der Waals surface area contributed by atoms with Gasteiger partial charge < -0.3 is 25.6 Å². The van der Waals surface area contributed by atoms with Crippen molar-refractivity contribution in [3.8, 4) is 0 Å². The molecule has 3 rings (SSSR count). The monoisotopic (exact) mass is 465 g/mol. The van der Waals surface area contributed by atoms with Crippen LogP contribution in [0.5, 0.6) is 0 Å². The van der Waals surface area contributed by atoms with E-state index in [2.05, 4.69) is 20.9 Å². The molecule has 0 unspecified atom stereocenters. The summed E-state index contributed by atoms with van der Waals surface area (Å²) in [6, 6.07) is 4.71. The maximum atomic E-state index is 12.3. The second-order valence-corrected chi connectivity index (χ2v) is 9.54. The lowest BCUT2D eigenvalue weighted by molar-refractivity contribution is 0.0147. The van der Waals surface area contributed by atoms with Crippen molar-refractivity contribution in [3.63, 3.8) is 0 Å². The molecule has 1 aromatic rings. The highest BCUT2D eigenvalue weighted by atomic mass is 35.5. The van der Waals surface area contributed by atoms with Crippen molar-refractivity contribution < 1.29 is 19.1 Å². The third-order valence-electron chi connectivity index (χ3n) is 5.12. The molecule has 10 heteroatoms. The first-order valence-electron chi connectivity index (χ1n) is 11.0. The zero-order valence-electron chi connectivity index (χ0n) is 18.9. The van der Waals surface area contributed by atoms with E-state index in [-0.39, 0.29) is 24.1 Å². The molecule has 1 saturated heterocycles. The Morgan fingerprint density at radius 2 is 1.81 bits per heavy atom. The Hall–Kier alpha value is -2.52. The van der Waals surface area contributed by atoms with Gasteiger partial charge in [-0.1, -0.05) is 11.6 Å². The minimum absolute atomic E-state index is 0.226. The lowest BCUT2D eigenvalue weighted by Crippen LogP contribution is -2.51. The number of hydrogen-bond acceptors (Lipinski definition) is 5. The molecule has 176 valence electrons. The molecule has 0 aromatic heterocycles. The van der Waals surface area contributed by atoms with Crippen molar-refractivity contribution in [2.24, 2.45) is 0 Å². The van der Waals surface area contributed by atoms with E-state index in [4.69, 9.17) is 16.3 Å². The topological polar surface area (TPSA) is 103 Å². The van der Waals surface area contributed by atoms with Gasteiger partial charge in [0.25, 0.3) is 5.91 Å². The summed E-state index contributed by atoms with van der Waals surface area (Å²) in [5, 5.41) is 8.80. The molecule has 2 aliphatic rings. The molecule has 0 atom stereocenters. The normalized spacial score (nSPS) is 16.9. The molecule has 1 aromatic carbocycles. The average Bonchev–Trinajstić information content (AvgIpc) is 3.52. The summed E-state index contributed by atoms with van der Waals surface area (Å²) in [5.41, 5.74) is 0.343. The minimum atomic E-state index is -0.503. The highest BCUT2D eigenvalue weighted by molar-refractivity contribution is 6.34. The number of anilines is 1. The number of carbonyl (C=O) groups excluding carboxylic acids is 3. The lowest BCUT2D eigenvalue weighted by Gasteiger charge is -2.35. The van der Waals surface area contributed by atoms with Crippen molar-refractivity contribution >= 4 is 35.3 Å². The van der Waals surface area contributed by atoms with Gasteiger partial charge in [-0.2, -0.15) is 0 Å². The number of piperazine rings is 1. The number of halogens is 1. The van der Waals surface area contributed by atoms with Crippen LogP contribution < -0.4 is 16.0 Å². The molecule has 1 saturated carbocycles. The highest BCUT2D eigenvalue weighted by Gasteiger charge is 2.26. The summed E-state index contributed by atoms with van der Waals surface area (Å²) in [4.78, 5) is 40.5. The Morgan fingerprint density at radius 3 is 2.44 bits per heavy atom. The van der Waals surface area contributed by atoms with Gasteiger partial charge in [0.05, 0.1) is 10.6 Å². The minimum Gasteiger partial charge on any atom is -0.444 e. The standard InChI is InChI=1S/C22H32ClN5O4/c1-22(2,3)32-21(31)28-12-10-27(11-13-28)9-8-24-20(30)26-16-6-7-18(23)17(14-16)19(29)25-15-4-5-15/h6-7,14-15H,4-5,8-13H2,1-3H3,(H,25,29)(H2,24,26,30). The van der Waals surface area contributed by atoms with Gasteiger partial charge in [-0.15, -0.1) is 0 Å². The summed E-state index contributed by atoms with van der Waals surface area (Å²) in [5.74, 6) is -0.230. The van der Waals surface area contributed by atoms with Crippen LogP contribution in [0.15, 0.2) is 18.2 Å². The van der Waals surface area contributed by atoms with Crippen LogP contribution in [0.3, 0.4) is 0 Å². The van der Waals surface area contributed by atoms with Crippen molar-refractivity contribution in [2.45, 2.75) is 45.3 Å². The van der Waals surface area contributed by atoms with Crippen molar-refractivity contribution in [1.29, 1.82) is 0 Å². The van der Waals surface area contributed by atoms with Crippen LogP contribution >= 0.6 is 11.6 Å². The summed E-state index contributed by atoms with van der Waals surface area (Å²) < 4.78 is 5.40. The number of nitrogens with one attached hydrogen (secondary N) is 3. The highest BCUT2D eigenvalue weighted by Crippen LogP contribution is 2.24. The second-order valence-electron chi connectivity index (χ2n) is 9.13. The molecule has 3 N–H and O–H groups in total. The summed E-state index contributed by atoms with van der Waals surface area (Å²) in [6.07, 6.45) is 1.68. The van der Waals surface area contributed by atoms with Gasteiger partial charge in [-0.05, 0) is 51.8 Å². The Bertz CT molecular complexity index is 845. The Kier molecular flexibility index (Phi) is 7.84. The quantitative estimate of drug-likeness (QED) is 0.599. The average molecular weight is 466 g/mol. The summed E-state index contributed by atoms with van der Waals surface area (Å²) in [6.45, 7) is 9.32. The SMILES string of the molecule is CC(C)(C)OC(=O)N1CCN(CCNC(=O)Nc2ccc(Cl)c(C(=O)NC3CC3)c2)CC1. The van der Waals surface area contributed by atoms with E-state index in [1.165, 1.54) is 0 Å². The van der Waals surface area contributed by atoms with Crippen molar-refractivity contribution in [2.75, 3.05) is 44.6 Å². The molecule has 4 amide bonds. The Balaban J connectivity index is 1.38.